The van der Waals surface area contributed by atoms with Crippen LogP contribution in [-0.4, -0.2) is 28.9 Å². The third-order valence-electron chi connectivity index (χ3n) is 4.37. The molecule has 3 rings (SSSR count). The normalized spacial score (nSPS) is 10.8. The standard InChI is InChI=1S/C21H22N4O4/c1-13(2)25-20(27)17-7-5-4-6-16(17)18(24-25)19(26)22-12-14-8-10-15(11-9-14)23-21(28)29-3/h4-11,13H,12H2,1-3H3,(H,22,26)(H,23,28). The first-order valence-corrected chi connectivity index (χ1v) is 9.14. The van der Waals surface area contributed by atoms with E-state index in [1.165, 1.54) is 11.8 Å². The number of nitrogens with one attached hydrogen (secondary N) is 2. The van der Waals surface area contributed by atoms with E-state index in [9.17, 15) is 14.4 Å². The fourth-order valence-electron chi connectivity index (χ4n) is 2.87. The molecule has 1 heterocycles. The van der Waals surface area contributed by atoms with E-state index in [0.717, 1.165) is 5.56 Å². The van der Waals surface area contributed by atoms with Crippen LogP contribution in [0.25, 0.3) is 10.8 Å². The van der Waals surface area contributed by atoms with Gasteiger partial charge < -0.3 is 10.1 Å². The Morgan fingerprint density at radius 3 is 2.34 bits per heavy atom. The molecule has 0 bridgehead atoms. The van der Waals surface area contributed by atoms with Gasteiger partial charge in [0.05, 0.1) is 18.5 Å². The molecule has 8 heteroatoms. The fourth-order valence-corrected chi connectivity index (χ4v) is 2.87. The maximum Gasteiger partial charge on any atom is 0.411 e. The number of benzene rings is 2. The van der Waals surface area contributed by atoms with Crippen molar-refractivity contribution in [3.63, 3.8) is 0 Å². The summed E-state index contributed by atoms with van der Waals surface area (Å²) in [4.78, 5) is 36.6. The predicted octanol–water partition coefficient (Wildman–Crippen LogP) is 3.09. The van der Waals surface area contributed by atoms with Crippen molar-refractivity contribution in [2.24, 2.45) is 0 Å². The van der Waals surface area contributed by atoms with E-state index in [-0.39, 0.29) is 29.7 Å². The molecule has 29 heavy (non-hydrogen) atoms. The van der Waals surface area contributed by atoms with Crippen LogP contribution < -0.4 is 16.2 Å². The highest BCUT2D eigenvalue weighted by molar-refractivity contribution is 6.04. The number of methoxy groups -OCH3 is 1. The van der Waals surface area contributed by atoms with Crippen LogP contribution in [0.4, 0.5) is 10.5 Å². The Hall–Kier alpha value is -3.68. The monoisotopic (exact) mass is 394 g/mol. The Kier molecular flexibility index (Phi) is 5.92. The topological polar surface area (TPSA) is 102 Å². The molecule has 0 aliphatic heterocycles. The van der Waals surface area contributed by atoms with E-state index in [1.807, 2.05) is 13.8 Å². The van der Waals surface area contributed by atoms with Gasteiger partial charge in [0.1, 0.15) is 0 Å². The van der Waals surface area contributed by atoms with Gasteiger partial charge in [-0.25, -0.2) is 9.48 Å². The van der Waals surface area contributed by atoms with E-state index < -0.39 is 6.09 Å². The van der Waals surface area contributed by atoms with Crippen LogP contribution in [0.3, 0.4) is 0 Å². The molecule has 2 aromatic carbocycles. The molecule has 3 aromatic rings. The molecule has 0 aliphatic rings. The van der Waals surface area contributed by atoms with Crippen LogP contribution in [0.2, 0.25) is 0 Å². The first kappa shape index (κ1) is 20.1. The van der Waals surface area contributed by atoms with Crippen LogP contribution >= 0.6 is 0 Å². The first-order chi connectivity index (χ1) is 13.9. The lowest BCUT2D eigenvalue weighted by atomic mass is 10.1. The Bertz CT molecular complexity index is 1100. The average Bonchev–Trinajstić information content (AvgIpc) is 2.73. The van der Waals surface area contributed by atoms with Crippen molar-refractivity contribution >= 4 is 28.5 Å². The molecule has 0 unspecified atom stereocenters. The van der Waals surface area contributed by atoms with Gasteiger partial charge in [-0.15, -0.1) is 0 Å². The molecule has 0 radical (unpaired) electrons. The highest BCUT2D eigenvalue weighted by atomic mass is 16.5. The molecule has 0 fully saturated rings. The zero-order valence-electron chi connectivity index (χ0n) is 16.4. The molecule has 1 aromatic heterocycles. The molecule has 0 saturated heterocycles. The summed E-state index contributed by atoms with van der Waals surface area (Å²) in [5, 5.41) is 10.7. The number of carbonyl (C=O) groups excluding carboxylic acids is 2. The van der Waals surface area contributed by atoms with E-state index in [1.54, 1.807) is 48.5 Å². The predicted molar refractivity (Wildman–Crippen MR) is 110 cm³/mol. The second-order valence-electron chi connectivity index (χ2n) is 6.73. The smallest absolute Gasteiger partial charge is 0.411 e. The number of carbonyl (C=O) groups is 2. The lowest BCUT2D eigenvalue weighted by Gasteiger charge is -2.13. The average molecular weight is 394 g/mol. The second-order valence-corrected chi connectivity index (χ2v) is 6.73. The molecular formula is C21H22N4O4. The summed E-state index contributed by atoms with van der Waals surface area (Å²) in [5.74, 6) is -0.368. The number of rotatable bonds is 5. The number of amides is 2. The summed E-state index contributed by atoms with van der Waals surface area (Å²) in [6.45, 7) is 3.96. The third-order valence-corrected chi connectivity index (χ3v) is 4.37. The van der Waals surface area contributed by atoms with Gasteiger partial charge in [-0.05, 0) is 37.6 Å². The van der Waals surface area contributed by atoms with Gasteiger partial charge in [-0.3, -0.25) is 14.9 Å². The Labute approximate surface area is 167 Å². The van der Waals surface area contributed by atoms with Gasteiger partial charge >= 0.3 is 6.09 Å². The van der Waals surface area contributed by atoms with E-state index in [0.29, 0.717) is 16.5 Å². The van der Waals surface area contributed by atoms with Crippen LogP contribution in [0, 0.1) is 0 Å². The summed E-state index contributed by atoms with van der Waals surface area (Å²) < 4.78 is 5.87. The SMILES string of the molecule is COC(=O)Nc1ccc(CNC(=O)c2nn(C(C)C)c(=O)c3ccccc23)cc1. The molecule has 0 saturated carbocycles. The number of ether oxygens (including phenoxy) is 1. The molecule has 0 atom stereocenters. The van der Waals surface area contributed by atoms with Crippen LogP contribution in [-0.2, 0) is 11.3 Å². The maximum absolute atomic E-state index is 12.8. The van der Waals surface area contributed by atoms with Crippen LogP contribution in [0.1, 0.15) is 35.9 Å². The third kappa shape index (κ3) is 4.43. The van der Waals surface area contributed by atoms with Crippen molar-refractivity contribution in [1.82, 2.24) is 15.1 Å². The summed E-state index contributed by atoms with van der Waals surface area (Å²) >= 11 is 0. The van der Waals surface area contributed by atoms with E-state index >= 15 is 0 Å². The number of fused-ring (bicyclic) bond motifs is 1. The van der Waals surface area contributed by atoms with Gasteiger partial charge in [0.2, 0.25) is 0 Å². The Balaban J connectivity index is 1.81. The van der Waals surface area contributed by atoms with Gasteiger partial charge in [0, 0.05) is 17.6 Å². The van der Waals surface area contributed by atoms with Crippen molar-refractivity contribution in [2.75, 3.05) is 12.4 Å². The highest BCUT2D eigenvalue weighted by Gasteiger charge is 2.17. The number of anilines is 1. The summed E-state index contributed by atoms with van der Waals surface area (Å²) in [7, 11) is 1.29. The summed E-state index contributed by atoms with van der Waals surface area (Å²) in [5.41, 5.74) is 1.41. The van der Waals surface area contributed by atoms with E-state index in [4.69, 9.17) is 0 Å². The zero-order chi connectivity index (χ0) is 21.0. The number of nitrogens with zero attached hydrogens (tertiary/aromatic N) is 2. The van der Waals surface area contributed by atoms with Crippen molar-refractivity contribution in [3.05, 3.63) is 70.1 Å². The van der Waals surface area contributed by atoms with Crippen LogP contribution in [0.5, 0.6) is 0 Å². The Morgan fingerprint density at radius 2 is 1.72 bits per heavy atom. The minimum atomic E-state index is -0.552. The summed E-state index contributed by atoms with van der Waals surface area (Å²) in [6.07, 6.45) is -0.552. The largest absolute Gasteiger partial charge is 0.453 e. The molecule has 2 amide bonds. The number of hydrogen-bond acceptors (Lipinski definition) is 5. The first-order valence-electron chi connectivity index (χ1n) is 9.14. The quantitative estimate of drug-likeness (QED) is 0.692. The van der Waals surface area contributed by atoms with Gasteiger partial charge in [-0.1, -0.05) is 30.3 Å². The molecule has 150 valence electrons. The number of hydrogen-bond donors (Lipinski definition) is 2. The molecule has 0 aliphatic carbocycles. The molecule has 0 spiro atoms. The van der Waals surface area contributed by atoms with Gasteiger partial charge in [-0.2, -0.15) is 5.10 Å². The van der Waals surface area contributed by atoms with Crippen molar-refractivity contribution in [2.45, 2.75) is 26.4 Å². The minimum Gasteiger partial charge on any atom is -0.453 e. The van der Waals surface area contributed by atoms with Gasteiger partial charge in [0.25, 0.3) is 11.5 Å². The van der Waals surface area contributed by atoms with Crippen LogP contribution in [0.15, 0.2) is 53.3 Å². The zero-order valence-corrected chi connectivity index (χ0v) is 16.4. The van der Waals surface area contributed by atoms with E-state index in [2.05, 4.69) is 20.5 Å². The lowest BCUT2D eigenvalue weighted by molar-refractivity contribution is 0.0945. The van der Waals surface area contributed by atoms with Crippen molar-refractivity contribution < 1.29 is 14.3 Å². The lowest BCUT2D eigenvalue weighted by Crippen LogP contribution is -2.31. The minimum absolute atomic E-state index is 0.173. The summed E-state index contributed by atoms with van der Waals surface area (Å²) in [6, 6.07) is 13.8. The fraction of sp³-hybridized carbons (Fsp3) is 0.238. The van der Waals surface area contributed by atoms with Crippen molar-refractivity contribution in [3.8, 4) is 0 Å². The molecule has 2 N–H and O–H groups in total. The highest BCUT2D eigenvalue weighted by Crippen LogP contribution is 2.15. The number of aromatic nitrogens is 2. The Morgan fingerprint density at radius 1 is 1.07 bits per heavy atom. The molecular weight excluding hydrogens is 372 g/mol. The van der Waals surface area contributed by atoms with Crippen molar-refractivity contribution in [1.29, 1.82) is 0 Å². The molecule has 8 nitrogen and oxygen atoms in total. The maximum atomic E-state index is 12.8. The second kappa shape index (κ2) is 8.55. The van der Waals surface area contributed by atoms with Gasteiger partial charge in [0.15, 0.2) is 5.69 Å².